The van der Waals surface area contributed by atoms with E-state index in [0.29, 0.717) is 10.7 Å². The Kier molecular flexibility index (Phi) is 2.99. The van der Waals surface area contributed by atoms with Crippen molar-refractivity contribution in [2.24, 2.45) is 5.73 Å². The van der Waals surface area contributed by atoms with Gasteiger partial charge in [-0.15, -0.1) is 0 Å². The molecule has 1 spiro atoms. The Labute approximate surface area is 161 Å². The second-order valence-corrected chi connectivity index (χ2v) is 6.94. The van der Waals surface area contributed by atoms with Crippen molar-refractivity contribution < 1.29 is 4.79 Å². The molecule has 0 saturated carbocycles. The van der Waals surface area contributed by atoms with Crippen LogP contribution in [0.5, 0.6) is 0 Å². The number of nitrogens with two attached hydrogens (primary N) is 1. The molecule has 1 unspecified atom stereocenters. The van der Waals surface area contributed by atoms with Crippen LogP contribution in [0.4, 0.5) is 5.69 Å². The number of rotatable bonds is 0. The highest BCUT2D eigenvalue weighted by Crippen LogP contribution is 2.47. The molecular formula is C19H10ClN5O3. The molecule has 9 heteroatoms. The van der Waals surface area contributed by atoms with E-state index >= 15 is 0 Å². The summed E-state index contributed by atoms with van der Waals surface area (Å²) in [6, 6.07) is 12.8. The number of nitriles is 1. The zero-order valence-electron chi connectivity index (χ0n) is 14.1. The van der Waals surface area contributed by atoms with Crippen molar-refractivity contribution in [1.29, 1.82) is 5.26 Å². The standard InChI is InChI=1S/C19H10ClN5O3/c20-9-5-6-14-12(7-9)19(18(28)23-14)13(8-21)15(22)24-16(26)10-3-1-2-4-11(10)17(27)25(19)24/h1-7H,22H2,(H,23,28). The molecule has 0 fully saturated rings. The first kappa shape index (κ1) is 16.4. The topological polar surface area (TPSA) is 123 Å². The van der Waals surface area contributed by atoms with Crippen LogP contribution in [-0.2, 0) is 10.3 Å². The molecule has 1 aromatic heterocycles. The normalized spacial score (nSPS) is 19.6. The van der Waals surface area contributed by atoms with Gasteiger partial charge in [0.05, 0.1) is 10.8 Å². The molecule has 1 atom stereocenters. The molecule has 28 heavy (non-hydrogen) atoms. The third-order valence-corrected chi connectivity index (χ3v) is 5.43. The number of nitrogens with zero attached hydrogens (tertiary/aromatic N) is 3. The molecule has 0 aliphatic carbocycles. The Morgan fingerprint density at radius 3 is 2.43 bits per heavy atom. The Morgan fingerprint density at radius 2 is 1.75 bits per heavy atom. The summed E-state index contributed by atoms with van der Waals surface area (Å²) >= 11 is 6.13. The highest BCUT2D eigenvalue weighted by atomic mass is 35.5. The molecule has 2 aromatic carbocycles. The molecule has 2 aliphatic rings. The quantitative estimate of drug-likeness (QED) is 0.595. The number of nitrogens with one attached hydrogen (secondary N) is 1. The molecule has 1 amide bonds. The number of benzene rings is 2. The van der Waals surface area contributed by atoms with Crippen molar-refractivity contribution >= 4 is 39.8 Å². The zero-order chi connectivity index (χ0) is 19.8. The van der Waals surface area contributed by atoms with Gasteiger partial charge in [-0.05, 0) is 30.3 Å². The summed E-state index contributed by atoms with van der Waals surface area (Å²) < 4.78 is 1.86. The van der Waals surface area contributed by atoms with Crippen molar-refractivity contribution in [3.05, 3.63) is 79.3 Å². The maximum absolute atomic E-state index is 13.4. The Balaban J connectivity index is 2.08. The van der Waals surface area contributed by atoms with Gasteiger partial charge in [0.15, 0.2) is 0 Å². The maximum Gasteiger partial charge on any atom is 0.279 e. The average Bonchev–Trinajstić information content (AvgIpc) is 3.12. The number of carbonyl (C=O) groups excluding carboxylic acids is 1. The van der Waals surface area contributed by atoms with Crippen LogP contribution < -0.4 is 22.2 Å². The predicted octanol–water partition coefficient (Wildman–Crippen LogP) is 1.18. The third kappa shape index (κ3) is 1.63. The average molecular weight is 392 g/mol. The van der Waals surface area contributed by atoms with E-state index in [1.165, 1.54) is 18.2 Å². The predicted molar refractivity (Wildman–Crippen MR) is 103 cm³/mol. The number of amides is 1. The van der Waals surface area contributed by atoms with Gasteiger partial charge in [-0.1, -0.05) is 23.7 Å². The van der Waals surface area contributed by atoms with Crippen LogP contribution in [0.2, 0.25) is 5.02 Å². The van der Waals surface area contributed by atoms with Gasteiger partial charge in [0.1, 0.15) is 17.5 Å². The van der Waals surface area contributed by atoms with E-state index in [9.17, 15) is 19.6 Å². The third-order valence-electron chi connectivity index (χ3n) is 5.20. The summed E-state index contributed by atoms with van der Waals surface area (Å²) in [7, 11) is 0. The fraction of sp³-hybridized carbons (Fsp3) is 0.0526. The number of hydrogen-bond acceptors (Lipinski definition) is 5. The molecule has 5 rings (SSSR count). The van der Waals surface area contributed by atoms with Crippen LogP contribution in [-0.4, -0.2) is 15.3 Å². The maximum atomic E-state index is 13.4. The fourth-order valence-corrected chi connectivity index (χ4v) is 4.21. The van der Waals surface area contributed by atoms with Gasteiger partial charge in [-0.3, -0.25) is 14.4 Å². The lowest BCUT2D eigenvalue weighted by Crippen LogP contribution is -2.50. The number of fused-ring (bicyclic) bond motifs is 5. The van der Waals surface area contributed by atoms with Gasteiger partial charge in [0.25, 0.3) is 17.0 Å². The molecule has 0 saturated heterocycles. The van der Waals surface area contributed by atoms with Gasteiger partial charge in [-0.2, -0.15) is 9.94 Å². The lowest BCUT2D eigenvalue weighted by Gasteiger charge is -2.25. The molecule has 0 radical (unpaired) electrons. The van der Waals surface area contributed by atoms with Crippen molar-refractivity contribution in [1.82, 2.24) is 9.36 Å². The van der Waals surface area contributed by atoms with Crippen molar-refractivity contribution in [2.75, 3.05) is 5.32 Å². The number of aromatic nitrogens is 2. The number of halogens is 1. The minimum Gasteiger partial charge on any atom is -0.383 e. The van der Waals surface area contributed by atoms with E-state index in [4.69, 9.17) is 17.3 Å². The van der Waals surface area contributed by atoms with Crippen molar-refractivity contribution in [2.45, 2.75) is 5.54 Å². The van der Waals surface area contributed by atoms with E-state index in [-0.39, 0.29) is 27.7 Å². The highest BCUT2D eigenvalue weighted by molar-refractivity contribution is 6.31. The van der Waals surface area contributed by atoms with Crippen molar-refractivity contribution in [3.63, 3.8) is 0 Å². The molecule has 2 aliphatic heterocycles. The van der Waals surface area contributed by atoms with Gasteiger partial charge in [0.2, 0.25) is 5.54 Å². The van der Waals surface area contributed by atoms with E-state index in [1.54, 1.807) is 24.3 Å². The first-order valence-electron chi connectivity index (χ1n) is 8.22. The SMILES string of the molecule is N#CC1=C(N)n2c(=O)c3ccccc3c(=O)n2C12C(=O)Nc1ccc(Cl)cc12. The van der Waals surface area contributed by atoms with E-state index < -0.39 is 22.6 Å². The lowest BCUT2D eigenvalue weighted by atomic mass is 9.84. The first-order chi connectivity index (χ1) is 13.4. The second-order valence-electron chi connectivity index (χ2n) is 6.51. The van der Waals surface area contributed by atoms with Crippen LogP contribution in [0.25, 0.3) is 16.6 Å². The van der Waals surface area contributed by atoms with Gasteiger partial charge >= 0.3 is 0 Å². The first-order valence-corrected chi connectivity index (χ1v) is 8.60. The second kappa shape index (κ2) is 5.12. The van der Waals surface area contributed by atoms with Crippen molar-refractivity contribution in [3.8, 4) is 6.07 Å². The molecule has 136 valence electrons. The number of carbonyl (C=O) groups is 1. The summed E-state index contributed by atoms with van der Waals surface area (Å²) in [6.45, 7) is 0. The Bertz CT molecular complexity index is 1440. The lowest BCUT2D eigenvalue weighted by molar-refractivity contribution is -0.120. The summed E-state index contributed by atoms with van der Waals surface area (Å²) in [5, 5.41) is 13.1. The minimum atomic E-state index is -1.90. The summed E-state index contributed by atoms with van der Waals surface area (Å²) in [6.07, 6.45) is 0. The molecule has 0 bridgehead atoms. The van der Waals surface area contributed by atoms with Gasteiger partial charge in [-0.25, -0.2) is 4.68 Å². The monoisotopic (exact) mass is 391 g/mol. The molecule has 3 N–H and O–H groups in total. The summed E-state index contributed by atoms with van der Waals surface area (Å²) in [5.74, 6) is -0.925. The van der Waals surface area contributed by atoms with Gasteiger partial charge < -0.3 is 11.1 Å². The largest absolute Gasteiger partial charge is 0.383 e. The Hall–Kier alpha value is -3.83. The Morgan fingerprint density at radius 1 is 1.07 bits per heavy atom. The van der Waals surface area contributed by atoms with Crippen LogP contribution in [0.15, 0.2) is 57.6 Å². The number of anilines is 1. The smallest absolute Gasteiger partial charge is 0.279 e. The van der Waals surface area contributed by atoms with E-state index in [0.717, 1.165) is 9.36 Å². The minimum absolute atomic E-state index is 0.124. The van der Waals surface area contributed by atoms with E-state index in [1.807, 2.05) is 6.07 Å². The summed E-state index contributed by atoms with van der Waals surface area (Å²) in [4.78, 5) is 39.6. The fourth-order valence-electron chi connectivity index (χ4n) is 4.04. The molecular weight excluding hydrogens is 382 g/mol. The summed E-state index contributed by atoms with van der Waals surface area (Å²) in [5.41, 5.74) is 3.46. The highest BCUT2D eigenvalue weighted by Gasteiger charge is 2.59. The van der Waals surface area contributed by atoms with Crippen LogP contribution in [0.1, 0.15) is 5.56 Å². The van der Waals surface area contributed by atoms with Crippen LogP contribution >= 0.6 is 11.6 Å². The van der Waals surface area contributed by atoms with Crippen LogP contribution in [0.3, 0.4) is 0 Å². The molecule has 3 heterocycles. The number of hydrogen-bond donors (Lipinski definition) is 2. The zero-order valence-corrected chi connectivity index (χ0v) is 14.8. The van der Waals surface area contributed by atoms with Crippen LogP contribution in [0, 0.1) is 11.3 Å². The van der Waals surface area contributed by atoms with Gasteiger partial charge in [0, 0.05) is 16.3 Å². The molecule has 8 nitrogen and oxygen atoms in total. The molecule has 3 aromatic rings. The van der Waals surface area contributed by atoms with E-state index in [2.05, 4.69) is 5.32 Å².